The summed E-state index contributed by atoms with van der Waals surface area (Å²) < 4.78 is 5.33. The lowest BCUT2D eigenvalue weighted by Crippen LogP contribution is -2.23. The molecule has 1 aromatic carbocycles. The number of benzene rings is 1. The first-order valence-corrected chi connectivity index (χ1v) is 7.42. The highest BCUT2D eigenvalue weighted by Gasteiger charge is 2.16. The van der Waals surface area contributed by atoms with Gasteiger partial charge in [0.2, 0.25) is 0 Å². The quantitative estimate of drug-likeness (QED) is 0.717. The van der Waals surface area contributed by atoms with Crippen molar-refractivity contribution in [3.05, 3.63) is 23.8 Å². The first-order valence-electron chi connectivity index (χ1n) is 6.43. The van der Waals surface area contributed by atoms with Crippen molar-refractivity contribution in [3.8, 4) is 0 Å². The number of thioether (sulfide) groups is 1. The summed E-state index contributed by atoms with van der Waals surface area (Å²) in [5.41, 5.74) is 0.996. The summed E-state index contributed by atoms with van der Waals surface area (Å²) in [4.78, 5) is 12.2. The molecule has 2 N–H and O–H groups in total. The molecule has 0 radical (unpaired) electrons. The molecular formula is C14H21NO3S. The molecule has 0 aliphatic heterocycles. The van der Waals surface area contributed by atoms with Gasteiger partial charge in [-0.05, 0) is 31.7 Å². The summed E-state index contributed by atoms with van der Waals surface area (Å²) in [6.45, 7) is 7.13. The van der Waals surface area contributed by atoms with E-state index in [1.807, 2.05) is 32.9 Å². The molecule has 0 saturated heterocycles. The van der Waals surface area contributed by atoms with Crippen molar-refractivity contribution in [1.82, 2.24) is 0 Å². The second kappa shape index (κ2) is 8.07. The molecule has 1 aromatic rings. The third kappa shape index (κ3) is 4.76. The fraction of sp³-hybridized carbons (Fsp3) is 0.500. The van der Waals surface area contributed by atoms with Crippen LogP contribution < -0.4 is 5.32 Å². The minimum Gasteiger partial charge on any atom is -0.478 e. The van der Waals surface area contributed by atoms with E-state index in [-0.39, 0.29) is 6.04 Å². The van der Waals surface area contributed by atoms with Crippen molar-refractivity contribution in [3.63, 3.8) is 0 Å². The lowest BCUT2D eigenvalue weighted by atomic mass is 10.1. The number of hydrogen-bond acceptors (Lipinski definition) is 4. The molecule has 5 heteroatoms. The van der Waals surface area contributed by atoms with E-state index < -0.39 is 5.97 Å². The van der Waals surface area contributed by atoms with Gasteiger partial charge in [-0.2, -0.15) is 0 Å². The monoisotopic (exact) mass is 283 g/mol. The molecule has 0 fully saturated rings. The van der Waals surface area contributed by atoms with Gasteiger partial charge < -0.3 is 15.2 Å². The van der Waals surface area contributed by atoms with Crippen LogP contribution in [-0.2, 0) is 4.74 Å². The summed E-state index contributed by atoms with van der Waals surface area (Å²) in [5.74, 6) is -0.0548. The Balaban J connectivity index is 2.93. The summed E-state index contributed by atoms with van der Waals surface area (Å²) in [6.07, 6.45) is 0. The third-order valence-electron chi connectivity index (χ3n) is 2.51. The lowest BCUT2D eigenvalue weighted by Gasteiger charge is -2.18. The Morgan fingerprint density at radius 3 is 2.79 bits per heavy atom. The molecule has 1 rings (SSSR count). The van der Waals surface area contributed by atoms with Gasteiger partial charge in [-0.3, -0.25) is 0 Å². The van der Waals surface area contributed by atoms with Crippen molar-refractivity contribution >= 4 is 23.4 Å². The van der Waals surface area contributed by atoms with Crippen molar-refractivity contribution in [1.29, 1.82) is 0 Å². The zero-order valence-electron chi connectivity index (χ0n) is 11.6. The van der Waals surface area contributed by atoms with E-state index in [0.717, 1.165) is 10.6 Å². The van der Waals surface area contributed by atoms with Crippen LogP contribution >= 0.6 is 11.8 Å². The Hall–Kier alpha value is -1.20. The Bertz CT molecular complexity index is 423. The van der Waals surface area contributed by atoms with Crippen LogP contribution in [0.2, 0.25) is 0 Å². The average molecular weight is 283 g/mol. The smallest absolute Gasteiger partial charge is 0.338 e. The minimum atomic E-state index is -0.900. The number of anilines is 1. The second-order valence-electron chi connectivity index (χ2n) is 4.12. The average Bonchev–Trinajstić information content (AvgIpc) is 2.36. The Kier molecular flexibility index (Phi) is 6.73. The number of nitrogens with one attached hydrogen (secondary N) is 1. The number of carboxylic acids is 1. The van der Waals surface area contributed by atoms with Crippen molar-refractivity contribution in [2.45, 2.75) is 31.7 Å². The maximum Gasteiger partial charge on any atom is 0.338 e. The van der Waals surface area contributed by atoms with Crippen LogP contribution in [-0.4, -0.2) is 36.1 Å². The molecule has 0 aliphatic carbocycles. The standard InChI is InChI=1S/C14H21NO3S/c1-4-18-9-10(3)15-11-7-6-8-12(19-5-2)13(11)14(16)17/h6-8,10,15H,4-5,9H2,1-3H3,(H,16,17). The fourth-order valence-corrected chi connectivity index (χ4v) is 2.58. The first kappa shape index (κ1) is 15.9. The van der Waals surface area contributed by atoms with E-state index in [9.17, 15) is 9.90 Å². The normalized spacial score (nSPS) is 12.2. The van der Waals surface area contributed by atoms with E-state index in [4.69, 9.17) is 4.74 Å². The van der Waals surface area contributed by atoms with Gasteiger partial charge in [-0.1, -0.05) is 13.0 Å². The van der Waals surface area contributed by atoms with Crippen LogP contribution in [0.25, 0.3) is 0 Å². The Morgan fingerprint density at radius 2 is 2.21 bits per heavy atom. The van der Waals surface area contributed by atoms with Crippen molar-refractivity contribution < 1.29 is 14.6 Å². The molecule has 19 heavy (non-hydrogen) atoms. The number of hydrogen-bond donors (Lipinski definition) is 2. The second-order valence-corrected chi connectivity index (χ2v) is 5.43. The summed E-state index contributed by atoms with van der Waals surface area (Å²) >= 11 is 1.54. The van der Waals surface area contributed by atoms with Gasteiger partial charge in [0.1, 0.15) is 0 Å². The van der Waals surface area contributed by atoms with Crippen LogP contribution in [0.4, 0.5) is 5.69 Å². The minimum absolute atomic E-state index is 0.0694. The Morgan fingerprint density at radius 1 is 1.47 bits per heavy atom. The largest absolute Gasteiger partial charge is 0.478 e. The van der Waals surface area contributed by atoms with E-state index >= 15 is 0 Å². The molecule has 0 saturated carbocycles. The van der Waals surface area contributed by atoms with E-state index in [0.29, 0.717) is 24.5 Å². The predicted octanol–water partition coefficient (Wildman–Crippen LogP) is 3.33. The molecule has 0 bridgehead atoms. The van der Waals surface area contributed by atoms with E-state index in [1.165, 1.54) is 11.8 Å². The topological polar surface area (TPSA) is 58.6 Å². The third-order valence-corrected chi connectivity index (χ3v) is 3.45. The van der Waals surface area contributed by atoms with Crippen molar-refractivity contribution in [2.75, 3.05) is 24.3 Å². The van der Waals surface area contributed by atoms with Crippen molar-refractivity contribution in [2.24, 2.45) is 0 Å². The molecule has 1 unspecified atom stereocenters. The van der Waals surface area contributed by atoms with Gasteiger partial charge in [0.25, 0.3) is 0 Å². The maximum absolute atomic E-state index is 11.4. The molecule has 0 aromatic heterocycles. The SMILES string of the molecule is CCOCC(C)Nc1cccc(SCC)c1C(=O)O. The first-order chi connectivity index (χ1) is 9.10. The van der Waals surface area contributed by atoms with Crippen LogP contribution in [0.15, 0.2) is 23.1 Å². The number of carbonyl (C=O) groups is 1. The van der Waals surface area contributed by atoms with Crippen LogP contribution in [0.1, 0.15) is 31.1 Å². The molecule has 0 aliphatic rings. The van der Waals surface area contributed by atoms with Gasteiger partial charge in [-0.15, -0.1) is 11.8 Å². The van der Waals surface area contributed by atoms with Gasteiger partial charge in [0, 0.05) is 17.5 Å². The number of rotatable bonds is 8. The molecule has 0 spiro atoms. The Labute approximate surface area is 118 Å². The molecule has 106 valence electrons. The molecule has 4 nitrogen and oxygen atoms in total. The lowest BCUT2D eigenvalue weighted by molar-refractivity contribution is 0.0694. The maximum atomic E-state index is 11.4. The highest BCUT2D eigenvalue weighted by Crippen LogP contribution is 2.29. The van der Waals surface area contributed by atoms with Gasteiger partial charge in [-0.25, -0.2) is 4.79 Å². The van der Waals surface area contributed by atoms with Gasteiger partial charge in [0.05, 0.1) is 17.9 Å². The highest BCUT2D eigenvalue weighted by atomic mass is 32.2. The molecule has 1 atom stereocenters. The van der Waals surface area contributed by atoms with E-state index in [2.05, 4.69) is 5.32 Å². The zero-order chi connectivity index (χ0) is 14.3. The summed E-state index contributed by atoms with van der Waals surface area (Å²) in [7, 11) is 0. The number of carboxylic acid groups (broad SMARTS) is 1. The summed E-state index contributed by atoms with van der Waals surface area (Å²) in [5, 5.41) is 12.6. The van der Waals surface area contributed by atoms with E-state index in [1.54, 1.807) is 6.07 Å². The number of aromatic carboxylic acids is 1. The number of ether oxygens (including phenoxy) is 1. The van der Waals surface area contributed by atoms with Gasteiger partial charge >= 0.3 is 5.97 Å². The molecular weight excluding hydrogens is 262 g/mol. The molecule has 0 heterocycles. The van der Waals surface area contributed by atoms with Crippen LogP contribution in [0, 0.1) is 0 Å². The zero-order valence-corrected chi connectivity index (χ0v) is 12.4. The molecule has 0 amide bonds. The highest BCUT2D eigenvalue weighted by molar-refractivity contribution is 7.99. The fourth-order valence-electron chi connectivity index (χ4n) is 1.75. The predicted molar refractivity (Wildman–Crippen MR) is 79.4 cm³/mol. The van der Waals surface area contributed by atoms with Crippen LogP contribution in [0.3, 0.4) is 0 Å². The van der Waals surface area contributed by atoms with Crippen LogP contribution in [0.5, 0.6) is 0 Å². The van der Waals surface area contributed by atoms with Gasteiger partial charge in [0.15, 0.2) is 0 Å². The summed E-state index contributed by atoms with van der Waals surface area (Å²) in [6, 6.07) is 5.59.